The summed E-state index contributed by atoms with van der Waals surface area (Å²) in [4.78, 5) is 2.32. The molecule has 152 valence electrons. The van der Waals surface area contributed by atoms with Crippen molar-refractivity contribution < 1.29 is 19.7 Å². The van der Waals surface area contributed by atoms with Gasteiger partial charge in [-0.15, -0.1) is 0 Å². The molecular weight excluding hydrogens is 354 g/mol. The zero-order chi connectivity index (χ0) is 19.9. The Morgan fingerprint density at radius 2 is 1.54 bits per heavy atom. The maximum Gasteiger partial charge on any atom is 0.119 e. The SMILES string of the molecule is COc1cccc(C(O)CN2C[C@H]3CC(O)C[C@H]3C2)c1.COc1ccccc1. The largest absolute Gasteiger partial charge is 0.497 e. The van der Waals surface area contributed by atoms with Crippen molar-refractivity contribution in [2.75, 3.05) is 33.9 Å². The molecule has 2 aromatic carbocycles. The molecule has 28 heavy (non-hydrogen) atoms. The fourth-order valence-corrected chi connectivity index (χ4v) is 4.27. The van der Waals surface area contributed by atoms with E-state index in [0.717, 1.165) is 43.0 Å². The smallest absolute Gasteiger partial charge is 0.119 e. The van der Waals surface area contributed by atoms with E-state index in [0.29, 0.717) is 18.4 Å². The topological polar surface area (TPSA) is 62.2 Å². The number of likely N-dealkylation sites (tertiary alicyclic amines) is 1. The van der Waals surface area contributed by atoms with Crippen molar-refractivity contribution >= 4 is 0 Å². The molecule has 2 fully saturated rings. The molecule has 0 aromatic heterocycles. The minimum atomic E-state index is -0.478. The van der Waals surface area contributed by atoms with Crippen molar-refractivity contribution in [2.24, 2.45) is 11.8 Å². The van der Waals surface area contributed by atoms with Crippen LogP contribution in [0.3, 0.4) is 0 Å². The van der Waals surface area contributed by atoms with Gasteiger partial charge in [-0.1, -0.05) is 30.3 Å². The lowest BCUT2D eigenvalue weighted by Crippen LogP contribution is -2.28. The summed E-state index contributed by atoms with van der Waals surface area (Å²) < 4.78 is 10.1. The number of ether oxygens (including phenoxy) is 2. The molecule has 0 amide bonds. The monoisotopic (exact) mass is 385 g/mol. The van der Waals surface area contributed by atoms with Crippen molar-refractivity contribution in [1.29, 1.82) is 0 Å². The van der Waals surface area contributed by atoms with Crippen LogP contribution in [-0.4, -0.2) is 55.1 Å². The summed E-state index contributed by atoms with van der Waals surface area (Å²) in [5.41, 5.74) is 0.904. The zero-order valence-electron chi connectivity index (χ0n) is 16.7. The van der Waals surface area contributed by atoms with Gasteiger partial charge in [-0.05, 0) is 54.5 Å². The third kappa shape index (κ3) is 5.47. The fraction of sp³-hybridized carbons (Fsp3) is 0.478. The molecule has 2 unspecified atom stereocenters. The highest BCUT2D eigenvalue weighted by molar-refractivity contribution is 5.30. The normalized spacial score (nSPS) is 24.8. The number of fused-ring (bicyclic) bond motifs is 1. The molecule has 2 aliphatic rings. The number of β-amino-alcohol motifs (C(OH)–C–C–N with tert-alkyl or cyclic N) is 1. The van der Waals surface area contributed by atoms with Gasteiger partial charge in [-0.2, -0.15) is 0 Å². The molecule has 0 bridgehead atoms. The predicted octanol–water partition coefficient (Wildman–Crippen LogP) is 3.13. The lowest BCUT2D eigenvalue weighted by Gasteiger charge is -2.21. The summed E-state index contributed by atoms with van der Waals surface area (Å²) in [5, 5.41) is 20.0. The first-order valence-electron chi connectivity index (χ1n) is 9.90. The third-order valence-corrected chi connectivity index (χ3v) is 5.69. The van der Waals surface area contributed by atoms with Crippen molar-refractivity contribution in [3.8, 4) is 11.5 Å². The second-order valence-electron chi connectivity index (χ2n) is 7.67. The Morgan fingerprint density at radius 1 is 0.929 bits per heavy atom. The van der Waals surface area contributed by atoms with Crippen LogP contribution in [-0.2, 0) is 0 Å². The Kier molecular flexibility index (Phi) is 7.31. The molecule has 1 heterocycles. The minimum absolute atomic E-state index is 0.101. The summed E-state index contributed by atoms with van der Waals surface area (Å²) in [6.45, 7) is 2.67. The second-order valence-corrected chi connectivity index (χ2v) is 7.67. The standard InChI is InChI=1S/C16H23NO3.C7H8O/c1-20-15-4-2-3-11(7-15)16(19)10-17-8-12-5-14(18)6-13(12)9-17;1-8-7-5-3-2-4-6-7/h2-4,7,12-14,16,18-19H,5-6,8-10H2,1H3;2-6H,1H3/t12-,13+,14?,16?;. The molecule has 2 aromatic rings. The number of methoxy groups -OCH3 is 2. The number of aliphatic hydroxyl groups excluding tert-OH is 2. The summed E-state index contributed by atoms with van der Waals surface area (Å²) in [7, 11) is 3.30. The minimum Gasteiger partial charge on any atom is -0.497 e. The van der Waals surface area contributed by atoms with E-state index in [9.17, 15) is 10.2 Å². The maximum absolute atomic E-state index is 10.4. The average Bonchev–Trinajstić information content (AvgIpc) is 3.25. The van der Waals surface area contributed by atoms with Gasteiger partial charge in [0.25, 0.3) is 0 Å². The van der Waals surface area contributed by atoms with Crippen molar-refractivity contribution in [3.05, 3.63) is 60.2 Å². The Hall–Kier alpha value is -2.08. The zero-order valence-corrected chi connectivity index (χ0v) is 16.7. The van der Waals surface area contributed by atoms with Crippen LogP contribution < -0.4 is 9.47 Å². The Bertz CT molecular complexity index is 710. The lowest BCUT2D eigenvalue weighted by molar-refractivity contribution is 0.113. The molecule has 5 heteroatoms. The molecule has 2 N–H and O–H groups in total. The number of hydrogen-bond acceptors (Lipinski definition) is 5. The summed E-state index contributed by atoms with van der Waals surface area (Å²) >= 11 is 0. The molecule has 4 atom stereocenters. The number of hydrogen-bond donors (Lipinski definition) is 2. The van der Waals surface area contributed by atoms with E-state index in [1.165, 1.54) is 0 Å². The fourth-order valence-electron chi connectivity index (χ4n) is 4.27. The Balaban J connectivity index is 0.000000236. The van der Waals surface area contributed by atoms with E-state index in [1.807, 2.05) is 54.6 Å². The number of rotatable bonds is 5. The van der Waals surface area contributed by atoms with Gasteiger partial charge >= 0.3 is 0 Å². The van der Waals surface area contributed by atoms with Crippen LogP contribution in [0.5, 0.6) is 11.5 Å². The van der Waals surface area contributed by atoms with Gasteiger partial charge in [-0.25, -0.2) is 0 Å². The van der Waals surface area contributed by atoms with Gasteiger partial charge in [0.2, 0.25) is 0 Å². The van der Waals surface area contributed by atoms with Crippen LogP contribution in [0, 0.1) is 11.8 Å². The molecule has 4 rings (SSSR count). The van der Waals surface area contributed by atoms with E-state index < -0.39 is 6.10 Å². The third-order valence-electron chi connectivity index (χ3n) is 5.69. The number of benzene rings is 2. The van der Waals surface area contributed by atoms with Gasteiger partial charge in [0.15, 0.2) is 0 Å². The summed E-state index contributed by atoms with van der Waals surface area (Å²) in [5.74, 6) is 2.92. The van der Waals surface area contributed by atoms with Gasteiger partial charge in [0, 0.05) is 19.6 Å². The quantitative estimate of drug-likeness (QED) is 0.828. The molecule has 1 aliphatic heterocycles. The van der Waals surface area contributed by atoms with Gasteiger partial charge in [-0.3, -0.25) is 4.90 Å². The molecule has 1 saturated carbocycles. The first-order valence-corrected chi connectivity index (χ1v) is 9.90. The number of aliphatic hydroxyl groups is 2. The molecule has 0 spiro atoms. The van der Waals surface area contributed by atoms with Crippen LogP contribution in [0.15, 0.2) is 54.6 Å². The van der Waals surface area contributed by atoms with E-state index >= 15 is 0 Å². The molecule has 1 aliphatic carbocycles. The van der Waals surface area contributed by atoms with Crippen molar-refractivity contribution in [2.45, 2.75) is 25.0 Å². The first kappa shape index (κ1) is 20.6. The van der Waals surface area contributed by atoms with E-state index in [-0.39, 0.29) is 6.10 Å². The van der Waals surface area contributed by atoms with Crippen LogP contribution in [0.25, 0.3) is 0 Å². The predicted molar refractivity (Wildman–Crippen MR) is 110 cm³/mol. The van der Waals surface area contributed by atoms with E-state index in [4.69, 9.17) is 9.47 Å². The molecular formula is C23H31NO4. The number of para-hydroxylation sites is 1. The average molecular weight is 386 g/mol. The molecule has 5 nitrogen and oxygen atoms in total. The second kappa shape index (κ2) is 9.92. The maximum atomic E-state index is 10.4. The molecule has 0 radical (unpaired) electrons. The summed E-state index contributed by atoms with van der Waals surface area (Å²) in [6, 6.07) is 17.3. The van der Waals surface area contributed by atoms with Gasteiger partial charge < -0.3 is 19.7 Å². The van der Waals surface area contributed by atoms with Gasteiger partial charge in [0.1, 0.15) is 11.5 Å². The van der Waals surface area contributed by atoms with Crippen LogP contribution >= 0.6 is 0 Å². The Labute approximate surface area is 167 Å². The number of nitrogens with zero attached hydrogens (tertiary/aromatic N) is 1. The van der Waals surface area contributed by atoms with Gasteiger partial charge in [0.05, 0.1) is 26.4 Å². The lowest BCUT2D eigenvalue weighted by atomic mass is 10.0. The van der Waals surface area contributed by atoms with E-state index in [2.05, 4.69) is 4.90 Å². The van der Waals surface area contributed by atoms with Crippen LogP contribution in [0.2, 0.25) is 0 Å². The highest BCUT2D eigenvalue weighted by atomic mass is 16.5. The van der Waals surface area contributed by atoms with Crippen molar-refractivity contribution in [3.63, 3.8) is 0 Å². The first-order chi connectivity index (χ1) is 13.6. The van der Waals surface area contributed by atoms with Crippen LogP contribution in [0.4, 0.5) is 0 Å². The summed E-state index contributed by atoms with van der Waals surface area (Å²) in [6.07, 6.45) is 1.27. The Morgan fingerprint density at radius 3 is 2.11 bits per heavy atom. The highest BCUT2D eigenvalue weighted by Gasteiger charge is 2.40. The highest BCUT2D eigenvalue weighted by Crippen LogP contribution is 2.38. The molecule has 1 saturated heterocycles. The van der Waals surface area contributed by atoms with Crippen LogP contribution in [0.1, 0.15) is 24.5 Å². The van der Waals surface area contributed by atoms with E-state index in [1.54, 1.807) is 14.2 Å². The van der Waals surface area contributed by atoms with Crippen molar-refractivity contribution in [1.82, 2.24) is 4.90 Å².